The highest BCUT2D eigenvalue weighted by molar-refractivity contribution is 7.99. The molecule has 0 spiro atoms. The first-order valence-electron chi connectivity index (χ1n) is 7.02. The zero-order valence-corrected chi connectivity index (χ0v) is 13.3. The van der Waals surface area contributed by atoms with Crippen LogP contribution in [0.15, 0.2) is 48.7 Å². The smallest absolute Gasteiger partial charge is 0.168 e. The van der Waals surface area contributed by atoms with Gasteiger partial charge in [-0.25, -0.2) is 0 Å². The minimum Gasteiger partial charge on any atom is -0.491 e. The van der Waals surface area contributed by atoms with Gasteiger partial charge in [-0.2, -0.15) is 11.8 Å². The maximum Gasteiger partial charge on any atom is 0.168 e. The van der Waals surface area contributed by atoms with Crippen molar-refractivity contribution in [2.24, 2.45) is 0 Å². The summed E-state index contributed by atoms with van der Waals surface area (Å²) in [5.74, 6) is 1.38. The third-order valence-corrected chi connectivity index (χ3v) is 3.49. The normalized spacial score (nSPS) is 10.4. The molecule has 0 saturated heterocycles. The summed E-state index contributed by atoms with van der Waals surface area (Å²) in [5.41, 5.74) is 1.98. The minimum absolute atomic E-state index is 0.104. The average Bonchev–Trinajstić information content (AvgIpc) is 2.56. The van der Waals surface area contributed by atoms with Crippen molar-refractivity contribution in [3.8, 4) is 17.0 Å². The lowest BCUT2D eigenvalue weighted by Crippen LogP contribution is -2.14. The average molecular weight is 317 g/mol. The maximum absolute atomic E-state index is 11.3. The van der Waals surface area contributed by atoms with E-state index < -0.39 is 0 Å². The molecule has 0 aliphatic rings. The number of Topliss-reactive ketones (excluding diaryl/α,β-unsaturated/α-hetero) is 1. The van der Waals surface area contributed by atoms with Gasteiger partial charge < -0.3 is 9.47 Å². The summed E-state index contributed by atoms with van der Waals surface area (Å²) in [5, 5.41) is 0. The Balaban J connectivity index is 1.72. The summed E-state index contributed by atoms with van der Waals surface area (Å²) in [7, 11) is 0. The molecule has 0 amide bonds. The largest absolute Gasteiger partial charge is 0.491 e. The van der Waals surface area contributed by atoms with Crippen LogP contribution < -0.4 is 4.74 Å². The van der Waals surface area contributed by atoms with E-state index >= 15 is 0 Å². The van der Waals surface area contributed by atoms with Gasteiger partial charge in [0.25, 0.3) is 0 Å². The lowest BCUT2D eigenvalue weighted by Gasteiger charge is -2.07. The minimum atomic E-state index is 0.104. The second kappa shape index (κ2) is 9.23. The molecule has 0 N–H and O–H groups in total. The summed E-state index contributed by atoms with van der Waals surface area (Å²) >= 11 is 1.50. The summed E-state index contributed by atoms with van der Waals surface area (Å²) in [6.07, 6.45) is 3.67. The fourth-order valence-corrected chi connectivity index (χ4v) is 2.27. The van der Waals surface area contributed by atoms with Crippen LogP contribution >= 0.6 is 11.8 Å². The van der Waals surface area contributed by atoms with Crippen LogP contribution in [0.5, 0.6) is 5.75 Å². The molecular formula is C17H19NO3S. The molecule has 2 aromatic rings. The Morgan fingerprint density at radius 1 is 1.14 bits per heavy atom. The Morgan fingerprint density at radius 3 is 2.64 bits per heavy atom. The lowest BCUT2D eigenvalue weighted by molar-refractivity contribution is -0.121. The molecule has 0 bridgehead atoms. The fourth-order valence-electron chi connectivity index (χ4n) is 1.86. The molecule has 0 aliphatic heterocycles. The molecule has 22 heavy (non-hydrogen) atoms. The predicted octanol–water partition coefficient (Wildman–Crippen LogP) is 3.08. The Kier molecular flexibility index (Phi) is 6.93. The van der Waals surface area contributed by atoms with E-state index in [0.29, 0.717) is 19.0 Å². The molecule has 1 aromatic carbocycles. The van der Waals surface area contributed by atoms with Crippen LogP contribution in [0.3, 0.4) is 0 Å². The van der Waals surface area contributed by atoms with Gasteiger partial charge in [0, 0.05) is 11.8 Å². The lowest BCUT2D eigenvalue weighted by atomic mass is 10.1. The number of hydrogen-bond donors (Lipinski definition) is 0. The van der Waals surface area contributed by atoms with Crippen LogP contribution in [0, 0.1) is 0 Å². The Hall–Kier alpha value is -1.85. The van der Waals surface area contributed by atoms with E-state index in [0.717, 1.165) is 17.0 Å². The number of pyridine rings is 1. The van der Waals surface area contributed by atoms with Gasteiger partial charge >= 0.3 is 0 Å². The van der Waals surface area contributed by atoms with Gasteiger partial charge in [-0.15, -0.1) is 0 Å². The second-order valence-corrected chi connectivity index (χ2v) is 5.48. The van der Waals surface area contributed by atoms with Crippen LogP contribution in [0.25, 0.3) is 11.3 Å². The highest BCUT2D eigenvalue weighted by atomic mass is 32.2. The Labute approximate surface area is 134 Å². The van der Waals surface area contributed by atoms with Crippen molar-refractivity contribution < 1.29 is 14.3 Å². The number of carbonyl (C=O) groups excluding carboxylic acids is 1. The van der Waals surface area contributed by atoms with Gasteiger partial charge in [0.15, 0.2) is 5.78 Å². The van der Waals surface area contributed by atoms with E-state index in [4.69, 9.17) is 9.47 Å². The van der Waals surface area contributed by atoms with Crippen molar-refractivity contribution in [2.45, 2.75) is 0 Å². The molecule has 5 heteroatoms. The van der Waals surface area contributed by atoms with Crippen LogP contribution in [0.1, 0.15) is 0 Å². The van der Waals surface area contributed by atoms with E-state index in [-0.39, 0.29) is 12.4 Å². The Morgan fingerprint density at radius 2 is 1.95 bits per heavy atom. The number of benzene rings is 1. The fraction of sp³-hybridized carbons (Fsp3) is 0.294. The molecular weight excluding hydrogens is 298 g/mol. The van der Waals surface area contributed by atoms with Gasteiger partial charge in [-0.3, -0.25) is 9.78 Å². The molecule has 1 aromatic heterocycles. The quantitative estimate of drug-likeness (QED) is 0.665. The predicted molar refractivity (Wildman–Crippen MR) is 89.4 cm³/mol. The highest BCUT2D eigenvalue weighted by Gasteiger charge is 2.01. The van der Waals surface area contributed by atoms with Crippen molar-refractivity contribution in [3.05, 3.63) is 48.7 Å². The van der Waals surface area contributed by atoms with Crippen molar-refractivity contribution in [1.29, 1.82) is 0 Å². The SMILES string of the molecule is CSCC(=O)COCCOc1ccc(-c2ccccn2)cc1. The second-order valence-electron chi connectivity index (χ2n) is 4.61. The zero-order valence-electron chi connectivity index (χ0n) is 12.5. The number of ether oxygens (including phenoxy) is 2. The molecule has 0 atom stereocenters. The monoisotopic (exact) mass is 317 g/mol. The van der Waals surface area contributed by atoms with E-state index in [2.05, 4.69) is 4.98 Å². The van der Waals surface area contributed by atoms with E-state index in [1.165, 1.54) is 11.8 Å². The first-order valence-corrected chi connectivity index (χ1v) is 8.41. The van der Waals surface area contributed by atoms with Crippen LogP contribution in [-0.2, 0) is 9.53 Å². The Bertz CT molecular complexity index is 572. The molecule has 116 valence electrons. The highest BCUT2D eigenvalue weighted by Crippen LogP contribution is 2.20. The molecule has 1 heterocycles. The van der Waals surface area contributed by atoms with Crippen molar-refractivity contribution in [1.82, 2.24) is 4.98 Å². The van der Waals surface area contributed by atoms with Crippen LogP contribution in [0.2, 0.25) is 0 Å². The van der Waals surface area contributed by atoms with Gasteiger partial charge in [-0.05, 0) is 42.7 Å². The molecule has 0 radical (unpaired) electrons. The van der Waals surface area contributed by atoms with E-state index in [1.54, 1.807) is 6.20 Å². The van der Waals surface area contributed by atoms with Gasteiger partial charge in [-0.1, -0.05) is 6.07 Å². The van der Waals surface area contributed by atoms with E-state index in [1.807, 2.05) is 48.7 Å². The molecule has 4 nitrogen and oxygen atoms in total. The zero-order chi connectivity index (χ0) is 15.6. The summed E-state index contributed by atoms with van der Waals surface area (Å²) in [6, 6.07) is 13.6. The number of carbonyl (C=O) groups is 1. The topological polar surface area (TPSA) is 48.4 Å². The van der Waals surface area contributed by atoms with Crippen molar-refractivity contribution >= 4 is 17.5 Å². The number of thioether (sulfide) groups is 1. The van der Waals surface area contributed by atoms with Crippen LogP contribution in [0.4, 0.5) is 0 Å². The number of aromatic nitrogens is 1. The summed E-state index contributed by atoms with van der Waals surface area (Å²) in [4.78, 5) is 15.6. The number of nitrogens with zero attached hydrogens (tertiary/aromatic N) is 1. The first kappa shape index (κ1) is 16.5. The number of hydrogen-bond acceptors (Lipinski definition) is 5. The first-order chi connectivity index (χ1) is 10.8. The van der Waals surface area contributed by atoms with E-state index in [9.17, 15) is 4.79 Å². The van der Waals surface area contributed by atoms with Crippen molar-refractivity contribution in [2.75, 3.05) is 31.8 Å². The number of rotatable bonds is 9. The molecule has 0 unspecified atom stereocenters. The molecule has 2 rings (SSSR count). The third-order valence-electron chi connectivity index (χ3n) is 2.88. The molecule has 0 saturated carbocycles. The summed E-state index contributed by atoms with van der Waals surface area (Å²) in [6.45, 7) is 0.987. The third kappa shape index (κ3) is 5.50. The number of ketones is 1. The van der Waals surface area contributed by atoms with Gasteiger partial charge in [0.05, 0.1) is 18.1 Å². The molecule has 0 aliphatic carbocycles. The maximum atomic E-state index is 11.3. The molecule has 0 fully saturated rings. The summed E-state index contributed by atoms with van der Waals surface area (Å²) < 4.78 is 10.8. The van der Waals surface area contributed by atoms with Crippen LogP contribution in [-0.4, -0.2) is 42.6 Å². The van der Waals surface area contributed by atoms with Gasteiger partial charge in [0.1, 0.15) is 19.0 Å². The van der Waals surface area contributed by atoms with Gasteiger partial charge in [0.2, 0.25) is 0 Å². The standard InChI is InChI=1S/C17H19NO3S/c1-22-13-15(19)12-20-10-11-21-16-7-5-14(6-8-16)17-4-2-3-9-18-17/h2-9H,10-13H2,1H3. The van der Waals surface area contributed by atoms with Crippen molar-refractivity contribution in [3.63, 3.8) is 0 Å².